The molecule has 130 valence electrons. The van der Waals surface area contributed by atoms with Gasteiger partial charge >= 0.3 is 0 Å². The predicted molar refractivity (Wildman–Crippen MR) is 97.0 cm³/mol. The SMILES string of the molecule is Cc1ccc(C(=O)N2CCN(c3ccc([N+](=O)[O-])cc3)C[C@H]2C)cc1. The zero-order valence-corrected chi connectivity index (χ0v) is 14.4. The fraction of sp³-hybridized carbons (Fsp3) is 0.316. The van der Waals surface area contributed by atoms with Crippen LogP contribution in [0.1, 0.15) is 22.8 Å². The first-order valence-corrected chi connectivity index (χ1v) is 8.33. The Bertz CT molecular complexity index is 772. The van der Waals surface area contributed by atoms with Gasteiger partial charge in [-0.1, -0.05) is 17.7 Å². The number of non-ortho nitro benzene ring substituents is 1. The number of rotatable bonds is 3. The number of hydrogen-bond acceptors (Lipinski definition) is 4. The molecule has 0 aromatic heterocycles. The number of nitrogens with zero attached hydrogens (tertiary/aromatic N) is 3. The summed E-state index contributed by atoms with van der Waals surface area (Å²) in [5.41, 5.74) is 2.87. The maximum atomic E-state index is 12.7. The standard InChI is InChI=1S/C19H21N3O3/c1-14-3-5-16(6-4-14)19(23)21-12-11-20(13-15(21)2)17-7-9-18(10-8-17)22(24)25/h3-10,15H,11-13H2,1-2H3/t15-/m1/s1. The third-order valence-corrected chi connectivity index (χ3v) is 4.61. The van der Waals surface area contributed by atoms with Crippen LogP contribution in [0.4, 0.5) is 11.4 Å². The van der Waals surface area contributed by atoms with Gasteiger partial charge in [-0.15, -0.1) is 0 Å². The molecule has 1 saturated heterocycles. The van der Waals surface area contributed by atoms with Gasteiger partial charge in [-0.2, -0.15) is 0 Å². The zero-order chi connectivity index (χ0) is 18.0. The highest BCUT2D eigenvalue weighted by Crippen LogP contribution is 2.23. The van der Waals surface area contributed by atoms with Crippen LogP contribution >= 0.6 is 0 Å². The zero-order valence-electron chi connectivity index (χ0n) is 14.4. The molecule has 6 heteroatoms. The van der Waals surface area contributed by atoms with Gasteiger partial charge < -0.3 is 9.80 Å². The summed E-state index contributed by atoms with van der Waals surface area (Å²) in [5.74, 6) is 0.0517. The van der Waals surface area contributed by atoms with Gasteiger partial charge in [-0.3, -0.25) is 14.9 Å². The Labute approximate surface area is 146 Å². The van der Waals surface area contributed by atoms with Crippen LogP contribution in [0.3, 0.4) is 0 Å². The van der Waals surface area contributed by atoms with Gasteiger partial charge in [-0.25, -0.2) is 0 Å². The number of nitro groups is 1. The van der Waals surface area contributed by atoms with Crippen LogP contribution in [0, 0.1) is 17.0 Å². The fourth-order valence-corrected chi connectivity index (χ4v) is 3.14. The molecule has 0 spiro atoms. The number of benzene rings is 2. The van der Waals surface area contributed by atoms with E-state index in [0.717, 1.165) is 11.3 Å². The van der Waals surface area contributed by atoms with Crippen LogP contribution in [0.25, 0.3) is 0 Å². The first kappa shape index (κ1) is 17.0. The van der Waals surface area contributed by atoms with Crippen molar-refractivity contribution in [3.8, 4) is 0 Å². The van der Waals surface area contributed by atoms with Crippen LogP contribution in [-0.4, -0.2) is 41.4 Å². The highest BCUT2D eigenvalue weighted by atomic mass is 16.6. The van der Waals surface area contributed by atoms with E-state index in [9.17, 15) is 14.9 Å². The third-order valence-electron chi connectivity index (χ3n) is 4.61. The molecule has 0 bridgehead atoms. The third kappa shape index (κ3) is 3.63. The number of amides is 1. The summed E-state index contributed by atoms with van der Waals surface area (Å²) in [5, 5.41) is 10.8. The molecule has 1 heterocycles. The average molecular weight is 339 g/mol. The van der Waals surface area contributed by atoms with Gasteiger partial charge in [0.1, 0.15) is 0 Å². The van der Waals surface area contributed by atoms with Gasteiger partial charge in [0.15, 0.2) is 0 Å². The number of piperazine rings is 1. The van der Waals surface area contributed by atoms with Crippen molar-refractivity contribution in [1.82, 2.24) is 4.90 Å². The van der Waals surface area contributed by atoms with Crippen molar-refractivity contribution in [2.45, 2.75) is 19.9 Å². The Morgan fingerprint density at radius 3 is 2.28 bits per heavy atom. The Kier molecular flexibility index (Phi) is 4.70. The summed E-state index contributed by atoms with van der Waals surface area (Å²) in [6, 6.07) is 14.3. The summed E-state index contributed by atoms with van der Waals surface area (Å²) in [4.78, 5) is 27.1. The van der Waals surface area contributed by atoms with Crippen LogP contribution in [0.2, 0.25) is 0 Å². The number of anilines is 1. The van der Waals surface area contributed by atoms with Crippen molar-refractivity contribution in [3.05, 3.63) is 69.8 Å². The largest absolute Gasteiger partial charge is 0.368 e. The highest BCUT2D eigenvalue weighted by Gasteiger charge is 2.28. The van der Waals surface area contributed by atoms with Crippen LogP contribution in [-0.2, 0) is 0 Å². The highest BCUT2D eigenvalue weighted by molar-refractivity contribution is 5.94. The van der Waals surface area contributed by atoms with Crippen molar-refractivity contribution in [3.63, 3.8) is 0 Å². The number of hydrogen-bond donors (Lipinski definition) is 0. The lowest BCUT2D eigenvalue weighted by Gasteiger charge is -2.41. The summed E-state index contributed by atoms with van der Waals surface area (Å²) >= 11 is 0. The fourth-order valence-electron chi connectivity index (χ4n) is 3.14. The van der Waals surface area contributed by atoms with E-state index < -0.39 is 4.92 Å². The number of nitro benzene ring substituents is 1. The topological polar surface area (TPSA) is 66.7 Å². The Morgan fingerprint density at radius 1 is 1.08 bits per heavy atom. The minimum absolute atomic E-state index is 0.0517. The lowest BCUT2D eigenvalue weighted by molar-refractivity contribution is -0.384. The molecule has 0 N–H and O–H groups in total. The quantitative estimate of drug-likeness (QED) is 0.636. The molecule has 1 amide bonds. The lowest BCUT2D eigenvalue weighted by atomic mass is 10.1. The molecule has 3 rings (SSSR count). The van der Waals surface area contributed by atoms with Crippen LogP contribution in [0.5, 0.6) is 0 Å². The van der Waals surface area contributed by atoms with E-state index in [1.54, 1.807) is 12.1 Å². The molecular formula is C19H21N3O3. The summed E-state index contributed by atoms with van der Waals surface area (Å²) in [6.45, 7) is 6.07. The summed E-state index contributed by atoms with van der Waals surface area (Å²) < 4.78 is 0. The van der Waals surface area contributed by atoms with Crippen molar-refractivity contribution in [2.75, 3.05) is 24.5 Å². The minimum atomic E-state index is -0.398. The second-order valence-electron chi connectivity index (χ2n) is 6.43. The molecule has 0 aliphatic carbocycles. The molecule has 0 saturated carbocycles. The Morgan fingerprint density at radius 2 is 1.72 bits per heavy atom. The molecule has 2 aromatic rings. The number of aryl methyl sites for hydroxylation is 1. The minimum Gasteiger partial charge on any atom is -0.368 e. The van der Waals surface area contributed by atoms with Gasteiger partial charge in [0.05, 0.1) is 4.92 Å². The van der Waals surface area contributed by atoms with E-state index >= 15 is 0 Å². The normalized spacial score (nSPS) is 17.4. The molecule has 1 aliphatic heterocycles. The summed E-state index contributed by atoms with van der Waals surface area (Å²) in [6.07, 6.45) is 0. The predicted octanol–water partition coefficient (Wildman–Crippen LogP) is 3.25. The molecule has 0 radical (unpaired) electrons. The van der Waals surface area contributed by atoms with Crippen LogP contribution in [0.15, 0.2) is 48.5 Å². The van der Waals surface area contributed by atoms with Gasteiger partial charge in [0, 0.05) is 49.1 Å². The van der Waals surface area contributed by atoms with Crippen molar-refractivity contribution in [2.24, 2.45) is 0 Å². The number of carbonyl (C=O) groups is 1. The van der Waals surface area contributed by atoms with Crippen molar-refractivity contribution >= 4 is 17.3 Å². The number of carbonyl (C=O) groups excluding carboxylic acids is 1. The van der Waals surface area contributed by atoms with Gasteiger partial charge in [0.25, 0.3) is 11.6 Å². The molecule has 1 fully saturated rings. The Balaban J connectivity index is 1.68. The maximum absolute atomic E-state index is 12.7. The smallest absolute Gasteiger partial charge is 0.269 e. The lowest BCUT2D eigenvalue weighted by Crippen LogP contribution is -2.54. The van der Waals surface area contributed by atoms with Gasteiger partial charge in [0.2, 0.25) is 0 Å². The van der Waals surface area contributed by atoms with E-state index in [2.05, 4.69) is 4.90 Å². The van der Waals surface area contributed by atoms with E-state index in [-0.39, 0.29) is 17.6 Å². The molecular weight excluding hydrogens is 318 g/mol. The second kappa shape index (κ2) is 6.93. The molecule has 0 unspecified atom stereocenters. The van der Waals surface area contributed by atoms with Gasteiger partial charge in [-0.05, 0) is 38.1 Å². The molecule has 1 aliphatic rings. The Hall–Kier alpha value is -2.89. The molecule has 6 nitrogen and oxygen atoms in total. The van der Waals surface area contributed by atoms with Crippen molar-refractivity contribution < 1.29 is 9.72 Å². The molecule has 2 aromatic carbocycles. The maximum Gasteiger partial charge on any atom is 0.269 e. The average Bonchev–Trinajstić information content (AvgIpc) is 2.62. The van der Waals surface area contributed by atoms with E-state index in [1.807, 2.05) is 43.0 Å². The molecule has 25 heavy (non-hydrogen) atoms. The second-order valence-corrected chi connectivity index (χ2v) is 6.43. The first-order valence-electron chi connectivity index (χ1n) is 8.33. The van der Waals surface area contributed by atoms with E-state index in [4.69, 9.17) is 0 Å². The van der Waals surface area contributed by atoms with E-state index in [1.165, 1.54) is 12.1 Å². The molecule has 1 atom stereocenters. The van der Waals surface area contributed by atoms with Crippen molar-refractivity contribution in [1.29, 1.82) is 0 Å². The van der Waals surface area contributed by atoms with E-state index in [0.29, 0.717) is 25.2 Å². The summed E-state index contributed by atoms with van der Waals surface area (Å²) in [7, 11) is 0. The first-order chi connectivity index (χ1) is 12.0. The van der Waals surface area contributed by atoms with Crippen LogP contribution < -0.4 is 4.90 Å². The monoisotopic (exact) mass is 339 g/mol.